The summed E-state index contributed by atoms with van der Waals surface area (Å²) in [7, 11) is 0. The summed E-state index contributed by atoms with van der Waals surface area (Å²) in [5.41, 5.74) is 3.22. The number of aromatic nitrogens is 1. The Morgan fingerprint density at radius 1 is 1.19 bits per heavy atom. The zero-order valence-electron chi connectivity index (χ0n) is 15.0. The van der Waals surface area contributed by atoms with Gasteiger partial charge in [-0.25, -0.2) is 4.79 Å². The largest absolute Gasteiger partial charge is 0.376 e. The number of ether oxygens (including phenoxy) is 1. The van der Waals surface area contributed by atoms with Crippen LogP contribution < -0.4 is 10.6 Å². The van der Waals surface area contributed by atoms with Crippen molar-refractivity contribution in [3.63, 3.8) is 0 Å². The van der Waals surface area contributed by atoms with Gasteiger partial charge >= 0.3 is 6.03 Å². The van der Waals surface area contributed by atoms with Crippen LogP contribution in [0.25, 0.3) is 0 Å². The van der Waals surface area contributed by atoms with E-state index in [1.54, 1.807) is 35.4 Å². The first-order chi connectivity index (χ1) is 13.2. The van der Waals surface area contributed by atoms with Gasteiger partial charge in [-0.15, -0.1) is 0 Å². The normalized spacial score (nSPS) is 18.2. The molecule has 7 nitrogen and oxygen atoms in total. The maximum absolute atomic E-state index is 12.4. The minimum Gasteiger partial charge on any atom is -0.376 e. The lowest BCUT2D eigenvalue weighted by molar-refractivity contribution is 0.0858. The van der Waals surface area contributed by atoms with Gasteiger partial charge in [0.15, 0.2) is 0 Å². The quantitative estimate of drug-likeness (QED) is 0.871. The Morgan fingerprint density at radius 2 is 2.04 bits per heavy atom. The van der Waals surface area contributed by atoms with Crippen molar-refractivity contribution in [2.24, 2.45) is 0 Å². The number of carbonyl (C=O) groups is 2. The van der Waals surface area contributed by atoms with E-state index < -0.39 is 0 Å². The summed E-state index contributed by atoms with van der Waals surface area (Å²) in [6.45, 7) is 2.36. The predicted molar refractivity (Wildman–Crippen MR) is 100 cm³/mol. The number of urea groups is 1. The molecule has 1 saturated heterocycles. The molecule has 3 heterocycles. The fourth-order valence-electron chi connectivity index (χ4n) is 3.36. The first-order valence-electron chi connectivity index (χ1n) is 9.17. The molecule has 3 amide bonds. The number of fused-ring (bicyclic) bond motifs is 1. The second kappa shape index (κ2) is 7.75. The predicted octanol–water partition coefficient (Wildman–Crippen LogP) is 2.54. The topological polar surface area (TPSA) is 83.6 Å². The highest BCUT2D eigenvalue weighted by atomic mass is 16.5. The van der Waals surface area contributed by atoms with E-state index >= 15 is 0 Å². The molecule has 0 aliphatic carbocycles. The second-order valence-corrected chi connectivity index (χ2v) is 6.82. The molecule has 1 atom stereocenters. The van der Waals surface area contributed by atoms with Crippen LogP contribution in [0.15, 0.2) is 42.6 Å². The van der Waals surface area contributed by atoms with Gasteiger partial charge in [0.25, 0.3) is 5.91 Å². The van der Waals surface area contributed by atoms with Crippen molar-refractivity contribution in [3.05, 3.63) is 59.4 Å². The number of amides is 3. The SMILES string of the molecule is O=C(NCC1CCCO1)c1ccc(NC(=O)N2Cc3cccnc3C2)cc1. The molecule has 0 bridgehead atoms. The van der Waals surface area contributed by atoms with Crippen molar-refractivity contribution in [1.29, 1.82) is 0 Å². The van der Waals surface area contributed by atoms with E-state index in [2.05, 4.69) is 15.6 Å². The Kier molecular flexibility index (Phi) is 5.02. The Hall–Kier alpha value is -2.93. The van der Waals surface area contributed by atoms with Gasteiger partial charge in [0.2, 0.25) is 0 Å². The molecule has 1 fully saturated rings. The average molecular weight is 366 g/mol. The molecule has 27 heavy (non-hydrogen) atoms. The maximum Gasteiger partial charge on any atom is 0.322 e. The number of benzene rings is 1. The smallest absolute Gasteiger partial charge is 0.322 e. The summed E-state index contributed by atoms with van der Waals surface area (Å²) in [6.07, 6.45) is 3.89. The Morgan fingerprint density at radius 3 is 2.78 bits per heavy atom. The highest BCUT2D eigenvalue weighted by Crippen LogP contribution is 2.21. The molecule has 4 rings (SSSR count). The van der Waals surface area contributed by atoms with Crippen LogP contribution in [-0.4, -0.2) is 41.1 Å². The number of nitrogens with one attached hydrogen (secondary N) is 2. The van der Waals surface area contributed by atoms with Crippen LogP contribution in [-0.2, 0) is 17.8 Å². The molecule has 0 saturated carbocycles. The van der Waals surface area contributed by atoms with E-state index in [1.807, 2.05) is 12.1 Å². The van der Waals surface area contributed by atoms with Crippen molar-refractivity contribution in [1.82, 2.24) is 15.2 Å². The minimum atomic E-state index is -0.177. The molecule has 2 aliphatic heterocycles. The Bertz CT molecular complexity index is 806. The van der Waals surface area contributed by atoms with E-state index in [4.69, 9.17) is 4.74 Å². The summed E-state index contributed by atoms with van der Waals surface area (Å²) >= 11 is 0. The monoisotopic (exact) mass is 366 g/mol. The molecule has 140 valence electrons. The standard InChI is InChI=1S/C20H22N4O3/c25-19(22-11-17-4-2-10-27-17)14-5-7-16(8-6-14)23-20(26)24-12-15-3-1-9-21-18(15)13-24/h1,3,5-9,17H,2,4,10-13H2,(H,22,25)(H,23,26). The highest BCUT2D eigenvalue weighted by Gasteiger charge is 2.24. The van der Waals surface area contributed by atoms with Crippen LogP contribution in [0.5, 0.6) is 0 Å². The Labute approximate surface area is 157 Å². The third-order valence-electron chi connectivity index (χ3n) is 4.89. The zero-order valence-corrected chi connectivity index (χ0v) is 15.0. The van der Waals surface area contributed by atoms with E-state index in [-0.39, 0.29) is 18.0 Å². The molecule has 2 aliphatic rings. The van der Waals surface area contributed by atoms with Crippen LogP contribution in [0.3, 0.4) is 0 Å². The number of hydrogen-bond acceptors (Lipinski definition) is 4. The summed E-state index contributed by atoms with van der Waals surface area (Å²) in [5.74, 6) is -0.135. The van der Waals surface area contributed by atoms with Gasteiger partial charge in [-0.2, -0.15) is 0 Å². The van der Waals surface area contributed by atoms with Gasteiger partial charge in [-0.3, -0.25) is 9.78 Å². The van der Waals surface area contributed by atoms with E-state index in [1.165, 1.54) is 0 Å². The lowest BCUT2D eigenvalue weighted by atomic mass is 10.2. The van der Waals surface area contributed by atoms with Gasteiger partial charge in [0, 0.05) is 37.1 Å². The lowest BCUT2D eigenvalue weighted by Crippen LogP contribution is -2.32. The fourth-order valence-corrected chi connectivity index (χ4v) is 3.36. The number of carbonyl (C=O) groups excluding carboxylic acids is 2. The molecule has 0 radical (unpaired) electrons. The summed E-state index contributed by atoms with van der Waals surface area (Å²) in [5, 5.41) is 5.76. The van der Waals surface area contributed by atoms with Crippen molar-refractivity contribution in [2.45, 2.75) is 32.0 Å². The van der Waals surface area contributed by atoms with Crippen LogP contribution in [0.2, 0.25) is 0 Å². The Balaban J connectivity index is 1.30. The van der Waals surface area contributed by atoms with Crippen LogP contribution in [0.1, 0.15) is 34.5 Å². The second-order valence-electron chi connectivity index (χ2n) is 6.82. The first-order valence-corrected chi connectivity index (χ1v) is 9.17. The summed E-state index contributed by atoms with van der Waals surface area (Å²) in [6, 6.07) is 10.6. The third kappa shape index (κ3) is 4.09. The lowest BCUT2D eigenvalue weighted by Gasteiger charge is -2.16. The van der Waals surface area contributed by atoms with E-state index in [0.717, 1.165) is 30.7 Å². The van der Waals surface area contributed by atoms with Crippen molar-refractivity contribution in [3.8, 4) is 0 Å². The molecule has 1 aromatic carbocycles. The zero-order chi connectivity index (χ0) is 18.6. The van der Waals surface area contributed by atoms with Gasteiger partial charge in [0.1, 0.15) is 0 Å². The van der Waals surface area contributed by atoms with Crippen molar-refractivity contribution in [2.75, 3.05) is 18.5 Å². The van der Waals surface area contributed by atoms with Gasteiger partial charge in [-0.1, -0.05) is 6.07 Å². The molecule has 1 aromatic heterocycles. The van der Waals surface area contributed by atoms with Gasteiger partial charge in [-0.05, 0) is 48.7 Å². The maximum atomic E-state index is 12.4. The number of rotatable bonds is 4. The van der Waals surface area contributed by atoms with Gasteiger partial charge in [0.05, 0.1) is 18.3 Å². The molecule has 2 N–H and O–H groups in total. The highest BCUT2D eigenvalue weighted by molar-refractivity contribution is 5.95. The molecular formula is C20H22N4O3. The fraction of sp³-hybridized carbons (Fsp3) is 0.350. The van der Waals surface area contributed by atoms with E-state index in [9.17, 15) is 9.59 Å². The number of pyridine rings is 1. The minimum absolute atomic E-state index is 0.117. The number of anilines is 1. The van der Waals surface area contributed by atoms with Crippen LogP contribution >= 0.6 is 0 Å². The number of hydrogen-bond donors (Lipinski definition) is 2. The average Bonchev–Trinajstić information content (AvgIpc) is 3.36. The van der Waals surface area contributed by atoms with Crippen LogP contribution in [0, 0.1) is 0 Å². The van der Waals surface area contributed by atoms with Crippen molar-refractivity contribution >= 4 is 17.6 Å². The summed E-state index contributed by atoms with van der Waals surface area (Å²) < 4.78 is 5.50. The molecule has 1 unspecified atom stereocenters. The molecule has 2 aromatic rings. The van der Waals surface area contributed by atoms with Crippen LogP contribution in [0.4, 0.5) is 10.5 Å². The molecule has 0 spiro atoms. The molecular weight excluding hydrogens is 344 g/mol. The summed E-state index contributed by atoms with van der Waals surface area (Å²) in [4.78, 5) is 30.7. The van der Waals surface area contributed by atoms with E-state index in [0.29, 0.717) is 30.9 Å². The first kappa shape index (κ1) is 17.5. The third-order valence-corrected chi connectivity index (χ3v) is 4.89. The number of nitrogens with zero attached hydrogens (tertiary/aromatic N) is 2. The van der Waals surface area contributed by atoms with Gasteiger partial charge < -0.3 is 20.3 Å². The van der Waals surface area contributed by atoms with Crippen molar-refractivity contribution < 1.29 is 14.3 Å². The molecule has 7 heteroatoms.